The summed E-state index contributed by atoms with van der Waals surface area (Å²) < 4.78 is 0. The predicted octanol–water partition coefficient (Wildman–Crippen LogP) is 4.92. The molecule has 2 nitrogen and oxygen atoms in total. The Labute approximate surface area is 140 Å². The Morgan fingerprint density at radius 3 is 2.00 bits per heavy atom. The second-order valence-corrected chi connectivity index (χ2v) is 7.18. The van der Waals surface area contributed by atoms with Crippen molar-refractivity contribution in [3.8, 4) is 0 Å². The molecule has 1 amide bonds. The average molecular weight is 334 g/mol. The van der Waals surface area contributed by atoms with Gasteiger partial charge >= 0.3 is 0 Å². The van der Waals surface area contributed by atoms with Crippen LogP contribution in [0.25, 0.3) is 0 Å². The fourth-order valence-corrected chi connectivity index (χ4v) is 3.28. The second-order valence-electron chi connectivity index (χ2n) is 6.31. The molecule has 22 heavy (non-hydrogen) atoms. The minimum Gasteiger partial charge on any atom is -0.348 e. The van der Waals surface area contributed by atoms with E-state index in [-0.39, 0.29) is 17.4 Å². The number of carbonyl (C=O) groups is 1. The van der Waals surface area contributed by atoms with Gasteiger partial charge in [-0.2, -0.15) is 0 Å². The lowest BCUT2D eigenvalue weighted by Crippen LogP contribution is -2.28. The van der Waals surface area contributed by atoms with Crippen LogP contribution in [0.3, 0.4) is 0 Å². The van der Waals surface area contributed by atoms with Crippen LogP contribution in [0.1, 0.15) is 35.7 Å². The van der Waals surface area contributed by atoms with Crippen molar-refractivity contribution in [3.63, 3.8) is 0 Å². The van der Waals surface area contributed by atoms with Crippen molar-refractivity contribution < 1.29 is 4.79 Å². The zero-order valence-corrected chi connectivity index (χ0v) is 13.9. The molecule has 1 aliphatic rings. The Morgan fingerprint density at radius 2 is 1.45 bits per heavy atom. The molecule has 0 saturated heterocycles. The van der Waals surface area contributed by atoms with E-state index >= 15 is 0 Å². The first-order valence-corrected chi connectivity index (χ1v) is 7.97. The lowest BCUT2D eigenvalue weighted by molar-refractivity contribution is 0.0946. The van der Waals surface area contributed by atoms with Crippen LogP contribution in [0, 0.1) is 5.41 Å². The maximum atomic E-state index is 12.3. The summed E-state index contributed by atoms with van der Waals surface area (Å²) in [6.45, 7) is 4.33. The third-order valence-electron chi connectivity index (χ3n) is 4.45. The van der Waals surface area contributed by atoms with E-state index in [0.717, 1.165) is 5.02 Å². The molecule has 3 rings (SSSR count). The summed E-state index contributed by atoms with van der Waals surface area (Å²) in [6, 6.07) is 14.9. The molecule has 0 unspecified atom stereocenters. The normalized spacial score (nSPS) is 22.2. The molecule has 2 aromatic carbocycles. The maximum Gasteiger partial charge on any atom is 0.251 e. The van der Waals surface area contributed by atoms with Crippen molar-refractivity contribution in [2.45, 2.75) is 25.8 Å². The number of carbonyl (C=O) groups excluding carboxylic acids is 1. The van der Waals surface area contributed by atoms with E-state index in [9.17, 15) is 4.79 Å². The summed E-state index contributed by atoms with van der Waals surface area (Å²) >= 11 is 11.8. The summed E-state index contributed by atoms with van der Waals surface area (Å²) in [5, 5.41) is 4.48. The van der Waals surface area contributed by atoms with Gasteiger partial charge in [0.05, 0.1) is 0 Å². The van der Waals surface area contributed by atoms with Crippen LogP contribution in [-0.4, -0.2) is 11.9 Å². The number of halogens is 2. The predicted molar refractivity (Wildman–Crippen MR) is 90.7 cm³/mol. The van der Waals surface area contributed by atoms with Gasteiger partial charge in [-0.1, -0.05) is 49.2 Å². The van der Waals surface area contributed by atoms with Gasteiger partial charge in [-0.05, 0) is 47.4 Å². The van der Waals surface area contributed by atoms with E-state index < -0.39 is 0 Å². The standard InChI is InChI=1S/C18H17Cl2NO/c1-18(2)15(11-3-7-13(19)8-4-11)16(18)21-17(22)12-5-9-14(20)10-6-12/h3-10,15-16H,1-2H3,(H,21,22)/t15-,16-/m0/s1. The van der Waals surface area contributed by atoms with Gasteiger partial charge in [0.15, 0.2) is 0 Å². The van der Waals surface area contributed by atoms with Gasteiger partial charge in [0, 0.05) is 27.6 Å². The Balaban J connectivity index is 1.74. The summed E-state index contributed by atoms with van der Waals surface area (Å²) in [5.74, 6) is 0.243. The molecule has 0 aromatic heterocycles. The fourth-order valence-electron chi connectivity index (χ4n) is 3.03. The Morgan fingerprint density at radius 1 is 0.955 bits per heavy atom. The molecule has 0 aliphatic heterocycles. The number of nitrogens with one attached hydrogen (secondary N) is 1. The van der Waals surface area contributed by atoms with Crippen molar-refractivity contribution in [2.24, 2.45) is 5.41 Å². The number of hydrogen-bond acceptors (Lipinski definition) is 1. The highest BCUT2D eigenvalue weighted by Gasteiger charge is 2.59. The van der Waals surface area contributed by atoms with Gasteiger partial charge in [-0.3, -0.25) is 4.79 Å². The van der Waals surface area contributed by atoms with Crippen molar-refractivity contribution in [1.29, 1.82) is 0 Å². The highest BCUT2D eigenvalue weighted by molar-refractivity contribution is 6.30. The summed E-state index contributed by atoms with van der Waals surface area (Å²) in [6.07, 6.45) is 0. The van der Waals surface area contributed by atoms with E-state index in [0.29, 0.717) is 16.5 Å². The molecular formula is C18H17Cl2NO. The number of hydrogen-bond donors (Lipinski definition) is 1. The molecule has 1 N–H and O–H groups in total. The number of rotatable bonds is 3. The second kappa shape index (κ2) is 5.60. The van der Waals surface area contributed by atoms with Gasteiger partial charge in [-0.15, -0.1) is 0 Å². The fraction of sp³-hybridized carbons (Fsp3) is 0.278. The van der Waals surface area contributed by atoms with E-state index in [4.69, 9.17) is 23.2 Å². The van der Waals surface area contributed by atoms with Crippen LogP contribution in [0.4, 0.5) is 0 Å². The Hall–Kier alpha value is -1.51. The van der Waals surface area contributed by atoms with Crippen LogP contribution in [0.2, 0.25) is 10.0 Å². The summed E-state index contributed by atoms with van der Waals surface area (Å²) in [5.41, 5.74) is 1.87. The molecule has 2 aromatic rings. The molecule has 1 fully saturated rings. The lowest BCUT2D eigenvalue weighted by atomic mass is 10.0. The molecule has 4 heteroatoms. The molecule has 0 spiro atoms. The van der Waals surface area contributed by atoms with Gasteiger partial charge in [0.25, 0.3) is 5.91 Å². The van der Waals surface area contributed by atoms with Crippen LogP contribution < -0.4 is 5.32 Å². The average Bonchev–Trinajstić information content (AvgIpc) is 3.01. The molecule has 0 radical (unpaired) electrons. The van der Waals surface area contributed by atoms with E-state index in [2.05, 4.69) is 19.2 Å². The molecule has 0 heterocycles. The molecule has 114 valence electrons. The SMILES string of the molecule is CC1(C)[C@@H](NC(=O)c2ccc(Cl)cc2)[C@@H]1c1ccc(Cl)cc1. The first-order chi connectivity index (χ1) is 10.4. The largest absolute Gasteiger partial charge is 0.348 e. The van der Waals surface area contributed by atoms with Gasteiger partial charge in [-0.25, -0.2) is 0 Å². The van der Waals surface area contributed by atoms with Crippen LogP contribution in [-0.2, 0) is 0 Å². The Kier molecular flexibility index (Phi) is 3.92. The van der Waals surface area contributed by atoms with Crippen molar-refractivity contribution in [1.82, 2.24) is 5.32 Å². The third-order valence-corrected chi connectivity index (χ3v) is 4.95. The first-order valence-electron chi connectivity index (χ1n) is 7.21. The summed E-state index contributed by atoms with van der Waals surface area (Å²) in [4.78, 5) is 12.3. The minimum absolute atomic E-state index is 0.0376. The van der Waals surface area contributed by atoms with Crippen LogP contribution >= 0.6 is 23.2 Å². The van der Waals surface area contributed by atoms with Crippen LogP contribution in [0.5, 0.6) is 0 Å². The van der Waals surface area contributed by atoms with Crippen molar-refractivity contribution in [3.05, 3.63) is 69.7 Å². The quantitative estimate of drug-likeness (QED) is 0.848. The number of benzene rings is 2. The molecule has 2 atom stereocenters. The molecule has 1 aliphatic carbocycles. The lowest BCUT2D eigenvalue weighted by Gasteiger charge is -2.06. The van der Waals surface area contributed by atoms with Gasteiger partial charge in [0.1, 0.15) is 0 Å². The van der Waals surface area contributed by atoms with E-state index in [1.54, 1.807) is 24.3 Å². The Bertz CT molecular complexity index is 692. The maximum absolute atomic E-state index is 12.3. The molecular weight excluding hydrogens is 317 g/mol. The molecule has 1 saturated carbocycles. The highest BCUT2D eigenvalue weighted by Crippen LogP contribution is 2.58. The molecule has 0 bridgehead atoms. The van der Waals surface area contributed by atoms with Gasteiger partial charge in [0.2, 0.25) is 0 Å². The minimum atomic E-state index is -0.0637. The zero-order chi connectivity index (χ0) is 15.9. The third kappa shape index (κ3) is 2.86. The highest BCUT2D eigenvalue weighted by atomic mass is 35.5. The zero-order valence-electron chi connectivity index (χ0n) is 12.4. The number of amides is 1. The first kappa shape index (κ1) is 15.4. The van der Waals surface area contributed by atoms with Gasteiger partial charge < -0.3 is 5.32 Å². The summed E-state index contributed by atoms with van der Waals surface area (Å²) in [7, 11) is 0. The van der Waals surface area contributed by atoms with Crippen molar-refractivity contribution >= 4 is 29.1 Å². The smallest absolute Gasteiger partial charge is 0.251 e. The van der Waals surface area contributed by atoms with Crippen molar-refractivity contribution in [2.75, 3.05) is 0 Å². The van der Waals surface area contributed by atoms with E-state index in [1.807, 2.05) is 24.3 Å². The van der Waals surface area contributed by atoms with Crippen LogP contribution in [0.15, 0.2) is 48.5 Å². The topological polar surface area (TPSA) is 29.1 Å². The monoisotopic (exact) mass is 333 g/mol. The van der Waals surface area contributed by atoms with E-state index in [1.165, 1.54) is 5.56 Å².